The van der Waals surface area contributed by atoms with Crippen LogP contribution in [0.5, 0.6) is 5.75 Å². The van der Waals surface area contributed by atoms with E-state index >= 15 is 0 Å². The Morgan fingerprint density at radius 2 is 2.08 bits per heavy atom. The lowest BCUT2D eigenvalue weighted by Gasteiger charge is -2.24. The summed E-state index contributed by atoms with van der Waals surface area (Å²) in [5.41, 5.74) is 2.54. The van der Waals surface area contributed by atoms with Gasteiger partial charge in [0.2, 0.25) is 5.91 Å². The molecule has 3 aromatic rings. The zero-order chi connectivity index (χ0) is 17.4. The van der Waals surface area contributed by atoms with Gasteiger partial charge in [0, 0.05) is 11.1 Å². The first kappa shape index (κ1) is 15.5. The van der Waals surface area contributed by atoms with E-state index < -0.39 is 0 Å². The Labute approximate surface area is 145 Å². The highest BCUT2D eigenvalue weighted by Gasteiger charge is 2.28. The Hall–Kier alpha value is -3.02. The fraction of sp³-hybridized carbons (Fsp3) is 0.263. The van der Waals surface area contributed by atoms with Gasteiger partial charge in [0.25, 0.3) is 0 Å². The molecule has 0 aliphatic carbocycles. The van der Waals surface area contributed by atoms with Crippen LogP contribution in [0.1, 0.15) is 29.2 Å². The van der Waals surface area contributed by atoms with Crippen molar-refractivity contribution in [2.75, 3.05) is 11.9 Å². The van der Waals surface area contributed by atoms with Gasteiger partial charge in [-0.15, -0.1) is 0 Å². The van der Waals surface area contributed by atoms with E-state index in [1.165, 1.54) is 0 Å². The summed E-state index contributed by atoms with van der Waals surface area (Å²) < 4.78 is 11.3. The number of furan rings is 1. The average molecular weight is 337 g/mol. The van der Waals surface area contributed by atoms with Crippen molar-refractivity contribution in [1.82, 2.24) is 10.2 Å². The number of aromatic amines is 1. The molecule has 1 aromatic carbocycles. The van der Waals surface area contributed by atoms with Crippen molar-refractivity contribution in [3.8, 4) is 17.2 Å². The molecule has 2 aromatic heterocycles. The number of benzene rings is 1. The molecule has 0 saturated carbocycles. The van der Waals surface area contributed by atoms with Crippen LogP contribution in [-0.4, -0.2) is 22.7 Å². The molecule has 128 valence electrons. The second-order valence-electron chi connectivity index (χ2n) is 6.20. The minimum atomic E-state index is -0.240. The number of rotatable bonds is 3. The van der Waals surface area contributed by atoms with Gasteiger partial charge in [0.15, 0.2) is 11.6 Å². The number of aromatic nitrogens is 2. The van der Waals surface area contributed by atoms with Crippen LogP contribution in [0.2, 0.25) is 0 Å². The normalized spacial score (nSPS) is 16.2. The molecule has 0 radical (unpaired) electrons. The highest BCUT2D eigenvalue weighted by atomic mass is 16.5. The Kier molecular flexibility index (Phi) is 3.80. The monoisotopic (exact) mass is 337 g/mol. The molecule has 0 bridgehead atoms. The maximum atomic E-state index is 12.8. The van der Waals surface area contributed by atoms with Crippen molar-refractivity contribution in [2.24, 2.45) is 0 Å². The molecule has 4 rings (SSSR count). The van der Waals surface area contributed by atoms with Crippen LogP contribution in [0.4, 0.5) is 5.82 Å². The molecule has 0 fully saturated rings. The summed E-state index contributed by atoms with van der Waals surface area (Å²) >= 11 is 0. The lowest BCUT2D eigenvalue weighted by molar-refractivity contribution is -0.118. The Morgan fingerprint density at radius 3 is 2.88 bits per heavy atom. The topological polar surface area (TPSA) is 80.2 Å². The van der Waals surface area contributed by atoms with Crippen LogP contribution in [0.25, 0.3) is 11.5 Å². The fourth-order valence-electron chi connectivity index (χ4n) is 3.15. The summed E-state index contributed by atoms with van der Waals surface area (Å²) in [5.74, 6) is 2.52. The SMILES string of the molecule is Cc1ccc(-c2[nH]nc(NC(=O)[C@H]3CCOc4ccccc43)c2C)o1. The van der Waals surface area contributed by atoms with Gasteiger partial charge in [-0.3, -0.25) is 9.89 Å². The van der Waals surface area contributed by atoms with Crippen molar-refractivity contribution in [1.29, 1.82) is 0 Å². The molecule has 3 heterocycles. The molecule has 6 nitrogen and oxygen atoms in total. The largest absolute Gasteiger partial charge is 0.493 e. The second kappa shape index (κ2) is 6.12. The highest BCUT2D eigenvalue weighted by Crippen LogP contribution is 2.35. The van der Waals surface area contributed by atoms with Crippen LogP contribution in [0.3, 0.4) is 0 Å². The third kappa shape index (κ3) is 2.80. The standard InChI is InChI=1S/C19H19N3O3/c1-11-7-8-16(25-11)17-12(2)18(22-21-17)20-19(23)14-9-10-24-15-6-4-3-5-13(14)15/h3-8,14H,9-10H2,1-2H3,(H2,20,21,22,23)/t14-/m0/s1. The van der Waals surface area contributed by atoms with Crippen molar-refractivity contribution in [3.63, 3.8) is 0 Å². The minimum Gasteiger partial charge on any atom is -0.493 e. The highest BCUT2D eigenvalue weighted by molar-refractivity contribution is 5.96. The molecule has 1 aliphatic heterocycles. The van der Waals surface area contributed by atoms with Gasteiger partial charge >= 0.3 is 0 Å². The van der Waals surface area contributed by atoms with Crippen LogP contribution in [-0.2, 0) is 4.79 Å². The molecule has 1 aliphatic rings. The average Bonchev–Trinajstić information content (AvgIpc) is 3.20. The van der Waals surface area contributed by atoms with E-state index in [0.29, 0.717) is 24.6 Å². The number of ether oxygens (including phenoxy) is 1. The van der Waals surface area contributed by atoms with E-state index in [1.54, 1.807) is 0 Å². The van der Waals surface area contributed by atoms with E-state index in [-0.39, 0.29) is 11.8 Å². The number of fused-ring (bicyclic) bond motifs is 1. The second-order valence-corrected chi connectivity index (χ2v) is 6.20. The quantitative estimate of drug-likeness (QED) is 0.762. The number of amides is 1. The molecule has 1 amide bonds. The summed E-state index contributed by atoms with van der Waals surface area (Å²) in [6.45, 7) is 4.33. The smallest absolute Gasteiger partial charge is 0.233 e. The van der Waals surface area contributed by atoms with E-state index in [2.05, 4.69) is 15.5 Å². The Bertz CT molecular complexity index is 926. The molecule has 25 heavy (non-hydrogen) atoms. The number of hydrogen-bond donors (Lipinski definition) is 2. The molecule has 0 spiro atoms. The number of nitrogens with zero attached hydrogens (tertiary/aromatic N) is 1. The van der Waals surface area contributed by atoms with Crippen molar-refractivity contribution in [3.05, 3.63) is 53.3 Å². The van der Waals surface area contributed by atoms with E-state index in [0.717, 1.165) is 28.3 Å². The molecule has 0 unspecified atom stereocenters. The summed E-state index contributed by atoms with van der Waals surface area (Å²) in [6, 6.07) is 11.4. The molecular weight excluding hydrogens is 318 g/mol. The van der Waals surface area contributed by atoms with Crippen molar-refractivity contribution >= 4 is 11.7 Å². The van der Waals surface area contributed by atoms with Gasteiger partial charge in [0.05, 0.1) is 12.5 Å². The van der Waals surface area contributed by atoms with Gasteiger partial charge in [0.1, 0.15) is 17.2 Å². The summed E-state index contributed by atoms with van der Waals surface area (Å²) in [6.07, 6.45) is 0.649. The zero-order valence-corrected chi connectivity index (χ0v) is 14.1. The van der Waals surface area contributed by atoms with E-state index in [1.807, 2.05) is 50.2 Å². The fourth-order valence-corrected chi connectivity index (χ4v) is 3.15. The molecule has 6 heteroatoms. The van der Waals surface area contributed by atoms with Gasteiger partial charge in [-0.2, -0.15) is 5.10 Å². The number of H-pyrrole nitrogens is 1. The van der Waals surface area contributed by atoms with Crippen molar-refractivity contribution in [2.45, 2.75) is 26.2 Å². The predicted octanol–water partition coefficient (Wildman–Crippen LogP) is 3.79. The molecule has 2 N–H and O–H groups in total. The number of hydrogen-bond acceptors (Lipinski definition) is 4. The third-order valence-electron chi connectivity index (χ3n) is 4.51. The summed E-state index contributed by atoms with van der Waals surface area (Å²) in [7, 11) is 0. The minimum absolute atomic E-state index is 0.0764. The number of para-hydroxylation sites is 1. The van der Waals surface area contributed by atoms with Crippen LogP contribution < -0.4 is 10.1 Å². The van der Waals surface area contributed by atoms with E-state index in [9.17, 15) is 4.79 Å². The maximum Gasteiger partial charge on any atom is 0.233 e. The van der Waals surface area contributed by atoms with Crippen LogP contribution >= 0.6 is 0 Å². The summed E-state index contributed by atoms with van der Waals surface area (Å²) in [4.78, 5) is 12.8. The summed E-state index contributed by atoms with van der Waals surface area (Å²) in [5, 5.41) is 10.1. The zero-order valence-electron chi connectivity index (χ0n) is 14.1. The number of anilines is 1. The number of carbonyl (C=O) groups excluding carboxylic acids is 1. The lowest BCUT2D eigenvalue weighted by atomic mass is 9.92. The number of nitrogens with one attached hydrogen (secondary N) is 2. The molecular formula is C19H19N3O3. The van der Waals surface area contributed by atoms with Gasteiger partial charge in [-0.25, -0.2) is 0 Å². The van der Waals surface area contributed by atoms with Crippen molar-refractivity contribution < 1.29 is 13.9 Å². The van der Waals surface area contributed by atoms with Crippen LogP contribution in [0.15, 0.2) is 40.8 Å². The number of carbonyl (C=O) groups is 1. The first-order valence-electron chi connectivity index (χ1n) is 8.28. The Morgan fingerprint density at radius 1 is 1.24 bits per heavy atom. The van der Waals surface area contributed by atoms with Gasteiger partial charge < -0.3 is 14.5 Å². The first-order chi connectivity index (χ1) is 12.1. The maximum absolute atomic E-state index is 12.8. The molecule has 0 saturated heterocycles. The van der Waals surface area contributed by atoms with Gasteiger partial charge in [-0.05, 0) is 38.5 Å². The lowest BCUT2D eigenvalue weighted by Crippen LogP contribution is -2.26. The number of aryl methyl sites for hydroxylation is 1. The van der Waals surface area contributed by atoms with E-state index in [4.69, 9.17) is 9.15 Å². The third-order valence-corrected chi connectivity index (χ3v) is 4.51. The predicted molar refractivity (Wildman–Crippen MR) is 93.7 cm³/mol. The van der Waals surface area contributed by atoms with Gasteiger partial charge in [-0.1, -0.05) is 18.2 Å². The Balaban J connectivity index is 1.57. The molecule has 1 atom stereocenters. The first-order valence-corrected chi connectivity index (χ1v) is 8.28. The van der Waals surface area contributed by atoms with Crippen LogP contribution in [0, 0.1) is 13.8 Å².